The first-order valence-corrected chi connectivity index (χ1v) is 8.54. The molecular formula is C20H18ClN3O. The molecule has 0 radical (unpaired) electrons. The molecule has 1 aliphatic heterocycles. The summed E-state index contributed by atoms with van der Waals surface area (Å²) in [5.41, 5.74) is 3.12. The number of benzene rings is 2. The largest absolute Gasteiger partial charge is 0.386 e. The van der Waals surface area contributed by atoms with Crippen molar-refractivity contribution in [3.63, 3.8) is 0 Å². The topological polar surface area (TPSA) is 56.1 Å². The first kappa shape index (κ1) is 17.1. The van der Waals surface area contributed by atoms with Gasteiger partial charge in [0.25, 0.3) is 5.91 Å². The average Bonchev–Trinajstić information content (AvgIpc) is 2.64. The SMILES string of the molecule is N#C/C(=C/NCc1cccc(Cl)c1)C(=O)N1CCCc2ccccc21. The highest BCUT2D eigenvalue weighted by Crippen LogP contribution is 2.27. The van der Waals surface area contributed by atoms with E-state index in [1.54, 1.807) is 11.0 Å². The van der Waals surface area contributed by atoms with E-state index in [0.29, 0.717) is 18.1 Å². The minimum atomic E-state index is -0.270. The lowest BCUT2D eigenvalue weighted by atomic mass is 10.0. The third-order valence-corrected chi connectivity index (χ3v) is 4.38. The Labute approximate surface area is 152 Å². The number of hydrogen-bond donors (Lipinski definition) is 1. The molecule has 5 heteroatoms. The molecule has 0 saturated carbocycles. The molecule has 4 nitrogen and oxygen atoms in total. The number of nitriles is 1. The lowest BCUT2D eigenvalue weighted by Crippen LogP contribution is -2.36. The van der Waals surface area contributed by atoms with Gasteiger partial charge in [-0.2, -0.15) is 5.26 Å². The minimum Gasteiger partial charge on any atom is -0.386 e. The van der Waals surface area contributed by atoms with E-state index in [4.69, 9.17) is 11.6 Å². The third kappa shape index (κ3) is 4.01. The molecule has 1 aliphatic rings. The van der Waals surface area contributed by atoms with Crippen LogP contribution in [0.5, 0.6) is 0 Å². The quantitative estimate of drug-likeness (QED) is 0.673. The molecule has 1 heterocycles. The predicted octanol–water partition coefficient (Wildman–Crippen LogP) is 3.82. The van der Waals surface area contributed by atoms with Crippen LogP contribution in [0.15, 0.2) is 60.3 Å². The van der Waals surface area contributed by atoms with Gasteiger partial charge in [-0.3, -0.25) is 4.79 Å². The van der Waals surface area contributed by atoms with Gasteiger partial charge in [-0.15, -0.1) is 0 Å². The van der Waals surface area contributed by atoms with E-state index < -0.39 is 0 Å². The Hall–Kier alpha value is -2.77. The van der Waals surface area contributed by atoms with Crippen LogP contribution < -0.4 is 10.2 Å². The van der Waals surface area contributed by atoms with Crippen molar-refractivity contribution in [1.29, 1.82) is 5.26 Å². The predicted molar refractivity (Wildman–Crippen MR) is 99.1 cm³/mol. The zero-order valence-electron chi connectivity index (χ0n) is 13.7. The molecule has 0 atom stereocenters. The van der Waals surface area contributed by atoms with Gasteiger partial charge >= 0.3 is 0 Å². The number of anilines is 1. The van der Waals surface area contributed by atoms with Gasteiger partial charge in [-0.25, -0.2) is 0 Å². The number of carbonyl (C=O) groups excluding carboxylic acids is 1. The summed E-state index contributed by atoms with van der Waals surface area (Å²) in [6, 6.07) is 17.3. The van der Waals surface area contributed by atoms with Crippen LogP contribution in [0.2, 0.25) is 5.02 Å². The minimum absolute atomic E-state index is 0.0960. The number of hydrogen-bond acceptors (Lipinski definition) is 3. The second-order valence-corrected chi connectivity index (χ2v) is 6.31. The van der Waals surface area contributed by atoms with Crippen molar-refractivity contribution < 1.29 is 4.79 Å². The molecule has 1 amide bonds. The van der Waals surface area contributed by atoms with Gasteiger partial charge in [0.15, 0.2) is 0 Å². The van der Waals surface area contributed by atoms with Crippen LogP contribution in [0.1, 0.15) is 17.5 Å². The molecule has 0 aromatic heterocycles. The normalized spacial score (nSPS) is 13.8. The number of rotatable bonds is 4. The number of nitrogens with zero attached hydrogens (tertiary/aromatic N) is 2. The van der Waals surface area contributed by atoms with Gasteiger partial charge < -0.3 is 10.2 Å². The molecule has 3 rings (SSSR count). The summed E-state index contributed by atoms with van der Waals surface area (Å²) in [4.78, 5) is 14.5. The lowest BCUT2D eigenvalue weighted by Gasteiger charge is -2.29. The van der Waals surface area contributed by atoms with Crippen molar-refractivity contribution in [3.05, 3.63) is 76.5 Å². The summed E-state index contributed by atoms with van der Waals surface area (Å²) >= 11 is 5.96. The number of carbonyl (C=O) groups is 1. The van der Waals surface area contributed by atoms with Gasteiger partial charge in [0.2, 0.25) is 0 Å². The van der Waals surface area contributed by atoms with Crippen LogP contribution in [0.25, 0.3) is 0 Å². The molecule has 0 unspecified atom stereocenters. The Morgan fingerprint density at radius 2 is 2.12 bits per heavy atom. The molecular weight excluding hydrogens is 334 g/mol. The fourth-order valence-electron chi connectivity index (χ4n) is 2.95. The Kier molecular flexibility index (Phi) is 5.37. The molecule has 0 spiro atoms. The van der Waals surface area contributed by atoms with Gasteiger partial charge in [0, 0.05) is 30.0 Å². The zero-order valence-corrected chi connectivity index (χ0v) is 14.5. The van der Waals surface area contributed by atoms with Crippen LogP contribution in [0.3, 0.4) is 0 Å². The maximum atomic E-state index is 12.8. The van der Waals surface area contributed by atoms with Crippen LogP contribution in [-0.2, 0) is 17.8 Å². The number of halogens is 1. The van der Waals surface area contributed by atoms with Gasteiger partial charge in [-0.1, -0.05) is 41.9 Å². The maximum Gasteiger partial charge on any atom is 0.270 e. The van der Waals surface area contributed by atoms with E-state index >= 15 is 0 Å². The molecule has 25 heavy (non-hydrogen) atoms. The van der Waals surface area contributed by atoms with Crippen molar-refractivity contribution in [2.24, 2.45) is 0 Å². The van der Waals surface area contributed by atoms with E-state index in [9.17, 15) is 10.1 Å². The second kappa shape index (κ2) is 7.87. The Balaban J connectivity index is 1.73. The number of aryl methyl sites for hydroxylation is 1. The van der Waals surface area contributed by atoms with Crippen LogP contribution in [0, 0.1) is 11.3 Å². The van der Waals surface area contributed by atoms with E-state index in [-0.39, 0.29) is 11.5 Å². The monoisotopic (exact) mass is 351 g/mol. The van der Waals surface area contributed by atoms with Crippen molar-refractivity contribution >= 4 is 23.2 Å². The molecule has 0 fully saturated rings. The summed E-state index contributed by atoms with van der Waals surface area (Å²) in [6.45, 7) is 1.12. The fourth-order valence-corrected chi connectivity index (χ4v) is 3.16. The van der Waals surface area contributed by atoms with Crippen LogP contribution in [-0.4, -0.2) is 12.5 Å². The van der Waals surface area contributed by atoms with Crippen molar-refractivity contribution in [2.45, 2.75) is 19.4 Å². The summed E-state index contributed by atoms with van der Waals surface area (Å²) in [7, 11) is 0. The molecule has 2 aromatic rings. The zero-order chi connectivity index (χ0) is 17.6. The highest BCUT2D eigenvalue weighted by Gasteiger charge is 2.24. The van der Waals surface area contributed by atoms with E-state index in [0.717, 1.165) is 29.7 Å². The number of nitrogens with one attached hydrogen (secondary N) is 1. The first-order valence-electron chi connectivity index (χ1n) is 8.17. The summed E-state index contributed by atoms with van der Waals surface area (Å²) in [5.74, 6) is -0.270. The summed E-state index contributed by atoms with van der Waals surface area (Å²) in [6.07, 6.45) is 3.34. The van der Waals surface area contributed by atoms with Gasteiger partial charge in [0.05, 0.1) is 0 Å². The summed E-state index contributed by atoms with van der Waals surface area (Å²) in [5, 5.41) is 13.1. The number of para-hydroxylation sites is 1. The molecule has 0 saturated heterocycles. The highest BCUT2D eigenvalue weighted by molar-refractivity contribution is 6.30. The molecule has 0 aliphatic carbocycles. The standard InChI is InChI=1S/C20H18ClN3O/c21-18-8-3-5-15(11-18)13-23-14-17(12-22)20(25)24-10-4-7-16-6-1-2-9-19(16)24/h1-3,5-6,8-9,11,14,23H,4,7,10,13H2/b17-14-. The van der Waals surface area contributed by atoms with Crippen molar-refractivity contribution in [1.82, 2.24) is 5.32 Å². The van der Waals surface area contributed by atoms with Crippen molar-refractivity contribution in [2.75, 3.05) is 11.4 Å². The maximum absolute atomic E-state index is 12.8. The fraction of sp³-hybridized carbons (Fsp3) is 0.200. The van der Waals surface area contributed by atoms with E-state index in [1.807, 2.05) is 48.5 Å². The smallest absolute Gasteiger partial charge is 0.270 e. The first-order chi connectivity index (χ1) is 12.2. The Morgan fingerprint density at radius 3 is 2.92 bits per heavy atom. The van der Waals surface area contributed by atoms with Gasteiger partial charge in [-0.05, 0) is 42.2 Å². The molecule has 126 valence electrons. The second-order valence-electron chi connectivity index (χ2n) is 5.87. The van der Waals surface area contributed by atoms with Crippen LogP contribution >= 0.6 is 11.6 Å². The molecule has 1 N–H and O–H groups in total. The van der Waals surface area contributed by atoms with Crippen molar-refractivity contribution in [3.8, 4) is 6.07 Å². The third-order valence-electron chi connectivity index (χ3n) is 4.15. The highest BCUT2D eigenvalue weighted by atomic mass is 35.5. The van der Waals surface area contributed by atoms with E-state index in [1.165, 1.54) is 6.20 Å². The Morgan fingerprint density at radius 1 is 1.28 bits per heavy atom. The molecule has 2 aromatic carbocycles. The molecule has 0 bridgehead atoms. The Bertz CT molecular complexity index is 854. The summed E-state index contributed by atoms with van der Waals surface area (Å²) < 4.78 is 0. The average molecular weight is 352 g/mol. The number of amides is 1. The van der Waals surface area contributed by atoms with E-state index in [2.05, 4.69) is 5.32 Å². The van der Waals surface area contributed by atoms with Crippen LogP contribution in [0.4, 0.5) is 5.69 Å². The lowest BCUT2D eigenvalue weighted by molar-refractivity contribution is -0.114. The number of fused-ring (bicyclic) bond motifs is 1. The van der Waals surface area contributed by atoms with Gasteiger partial charge in [0.1, 0.15) is 11.6 Å².